The summed E-state index contributed by atoms with van der Waals surface area (Å²) in [6, 6.07) is 11.3. The second-order valence-corrected chi connectivity index (χ2v) is 5.56. The van der Waals surface area contributed by atoms with Crippen molar-refractivity contribution in [2.45, 2.75) is 6.61 Å². The molecule has 0 aliphatic carbocycles. The quantitative estimate of drug-likeness (QED) is 0.755. The number of ether oxygens (including phenoxy) is 1. The van der Waals surface area contributed by atoms with Gasteiger partial charge >= 0.3 is 5.97 Å². The summed E-state index contributed by atoms with van der Waals surface area (Å²) >= 11 is 1.46. The van der Waals surface area contributed by atoms with Crippen molar-refractivity contribution in [3.8, 4) is 21.1 Å². The fourth-order valence-electron chi connectivity index (χ4n) is 2.04. The molecule has 0 bridgehead atoms. The first kappa shape index (κ1) is 14.4. The van der Waals surface area contributed by atoms with Crippen LogP contribution in [0.15, 0.2) is 36.4 Å². The van der Waals surface area contributed by atoms with E-state index in [0.29, 0.717) is 12.3 Å². The highest BCUT2D eigenvalue weighted by molar-refractivity contribution is 7.18. The zero-order valence-corrected chi connectivity index (χ0v) is 12.6. The summed E-state index contributed by atoms with van der Waals surface area (Å²) in [5.74, 6) is -1.04. The summed E-state index contributed by atoms with van der Waals surface area (Å²) in [6.45, 7) is 0.341. The van der Waals surface area contributed by atoms with Gasteiger partial charge in [-0.3, -0.25) is 5.10 Å². The molecule has 0 unspecified atom stereocenters. The number of H-pyrrole nitrogens is 1. The molecule has 0 saturated heterocycles. The van der Waals surface area contributed by atoms with Gasteiger partial charge in [0, 0.05) is 12.7 Å². The van der Waals surface area contributed by atoms with E-state index in [1.165, 1.54) is 17.4 Å². The van der Waals surface area contributed by atoms with Crippen molar-refractivity contribution in [3.05, 3.63) is 47.8 Å². The van der Waals surface area contributed by atoms with Crippen molar-refractivity contribution < 1.29 is 14.6 Å². The summed E-state index contributed by atoms with van der Waals surface area (Å²) in [4.78, 5) is 16.4. The molecule has 3 aromatic rings. The van der Waals surface area contributed by atoms with Gasteiger partial charge in [0.25, 0.3) is 0 Å². The molecule has 2 aromatic heterocycles. The van der Waals surface area contributed by atoms with Gasteiger partial charge in [0.05, 0.1) is 17.2 Å². The van der Waals surface area contributed by atoms with Crippen LogP contribution in [0.2, 0.25) is 0 Å². The lowest BCUT2D eigenvalue weighted by atomic mass is 10.2. The van der Waals surface area contributed by atoms with E-state index in [4.69, 9.17) is 9.84 Å². The Bertz CT molecular complexity index is 795. The Balaban J connectivity index is 2.05. The molecule has 0 radical (unpaired) electrons. The van der Waals surface area contributed by atoms with Gasteiger partial charge in [-0.05, 0) is 6.07 Å². The Morgan fingerprint density at radius 3 is 2.77 bits per heavy atom. The third kappa shape index (κ3) is 2.76. The molecule has 22 heavy (non-hydrogen) atoms. The first-order valence-corrected chi connectivity index (χ1v) is 7.34. The van der Waals surface area contributed by atoms with E-state index in [1.54, 1.807) is 7.11 Å². The van der Waals surface area contributed by atoms with Crippen LogP contribution in [0, 0.1) is 0 Å². The summed E-state index contributed by atoms with van der Waals surface area (Å²) in [7, 11) is 1.60. The van der Waals surface area contributed by atoms with Crippen molar-refractivity contribution in [2.24, 2.45) is 0 Å². The van der Waals surface area contributed by atoms with Gasteiger partial charge in [0.15, 0.2) is 0 Å². The fourth-order valence-corrected chi connectivity index (χ4v) is 3.07. The molecule has 0 spiro atoms. The average molecular weight is 315 g/mol. The minimum absolute atomic E-state index is 0.0491. The molecule has 6 nitrogen and oxygen atoms in total. The molecule has 0 atom stereocenters. The molecular weight excluding hydrogens is 302 g/mol. The van der Waals surface area contributed by atoms with E-state index in [2.05, 4.69) is 15.2 Å². The Labute approximate surface area is 130 Å². The summed E-state index contributed by atoms with van der Waals surface area (Å²) < 4.78 is 5.18. The molecular formula is C15H13N3O3S. The summed E-state index contributed by atoms with van der Waals surface area (Å²) in [6.07, 6.45) is 0. The van der Waals surface area contributed by atoms with Crippen LogP contribution in [-0.4, -0.2) is 33.4 Å². The number of aromatic amines is 1. The lowest BCUT2D eigenvalue weighted by Crippen LogP contribution is -1.95. The van der Waals surface area contributed by atoms with Gasteiger partial charge in [0.1, 0.15) is 16.4 Å². The summed E-state index contributed by atoms with van der Waals surface area (Å²) in [5.41, 5.74) is 2.36. The van der Waals surface area contributed by atoms with Crippen molar-refractivity contribution in [3.63, 3.8) is 0 Å². The number of hydrogen-bond donors (Lipinski definition) is 2. The largest absolute Gasteiger partial charge is 0.477 e. The molecule has 0 amide bonds. The standard InChI is InChI=1S/C15H13N3O3S/c1-21-8-12-13(10-7-11(15(19)20)18-17-10)22-14(16-12)9-5-3-2-4-6-9/h2-7H,8H2,1H3,(H,17,18)(H,19,20). The smallest absolute Gasteiger partial charge is 0.353 e. The zero-order valence-electron chi connectivity index (χ0n) is 11.7. The maximum absolute atomic E-state index is 11.0. The predicted octanol–water partition coefficient (Wildman–Crippen LogP) is 3.04. The van der Waals surface area contributed by atoms with Crippen LogP contribution in [0.1, 0.15) is 16.2 Å². The van der Waals surface area contributed by atoms with Gasteiger partial charge < -0.3 is 9.84 Å². The Morgan fingerprint density at radius 2 is 2.14 bits per heavy atom. The molecule has 0 aliphatic heterocycles. The van der Waals surface area contributed by atoms with Crippen LogP contribution in [0.3, 0.4) is 0 Å². The lowest BCUT2D eigenvalue weighted by Gasteiger charge is -1.96. The number of hydrogen-bond acceptors (Lipinski definition) is 5. The number of benzene rings is 1. The topological polar surface area (TPSA) is 88.1 Å². The van der Waals surface area contributed by atoms with E-state index in [-0.39, 0.29) is 5.69 Å². The maximum Gasteiger partial charge on any atom is 0.353 e. The van der Waals surface area contributed by atoms with Crippen LogP contribution in [0.25, 0.3) is 21.1 Å². The van der Waals surface area contributed by atoms with Crippen molar-refractivity contribution in [2.75, 3.05) is 7.11 Å². The van der Waals surface area contributed by atoms with Crippen LogP contribution in [0.4, 0.5) is 0 Å². The monoisotopic (exact) mass is 315 g/mol. The van der Waals surface area contributed by atoms with E-state index in [9.17, 15) is 4.79 Å². The highest BCUT2D eigenvalue weighted by Gasteiger charge is 2.18. The third-order valence-electron chi connectivity index (χ3n) is 3.04. The second kappa shape index (κ2) is 6.08. The van der Waals surface area contributed by atoms with Crippen LogP contribution < -0.4 is 0 Å². The van der Waals surface area contributed by atoms with Crippen LogP contribution in [0.5, 0.6) is 0 Å². The molecule has 3 rings (SSSR count). The number of aromatic carboxylic acids is 1. The van der Waals surface area contributed by atoms with Gasteiger partial charge in [-0.2, -0.15) is 5.10 Å². The molecule has 2 heterocycles. The van der Waals surface area contributed by atoms with E-state index >= 15 is 0 Å². The van der Waals surface area contributed by atoms with E-state index < -0.39 is 5.97 Å². The molecule has 0 fully saturated rings. The minimum Gasteiger partial charge on any atom is -0.477 e. The Morgan fingerprint density at radius 1 is 1.36 bits per heavy atom. The maximum atomic E-state index is 11.0. The highest BCUT2D eigenvalue weighted by atomic mass is 32.1. The Kier molecular flexibility index (Phi) is 3.99. The SMILES string of the molecule is COCc1nc(-c2ccccc2)sc1-c1cc(C(=O)O)[nH]n1. The number of aromatic nitrogens is 3. The first-order chi connectivity index (χ1) is 10.7. The summed E-state index contributed by atoms with van der Waals surface area (Å²) in [5, 5.41) is 16.4. The van der Waals surface area contributed by atoms with Gasteiger partial charge in [-0.1, -0.05) is 30.3 Å². The number of methoxy groups -OCH3 is 1. The number of nitrogens with one attached hydrogen (secondary N) is 1. The van der Waals surface area contributed by atoms with E-state index in [1.807, 2.05) is 30.3 Å². The second-order valence-electron chi connectivity index (χ2n) is 4.57. The molecule has 112 valence electrons. The van der Waals surface area contributed by atoms with Crippen molar-refractivity contribution >= 4 is 17.3 Å². The minimum atomic E-state index is -1.04. The van der Waals surface area contributed by atoms with Gasteiger partial charge in [0.2, 0.25) is 0 Å². The third-order valence-corrected chi connectivity index (χ3v) is 4.21. The lowest BCUT2D eigenvalue weighted by molar-refractivity contribution is 0.0690. The molecule has 0 aliphatic rings. The van der Waals surface area contributed by atoms with Crippen LogP contribution >= 0.6 is 11.3 Å². The number of thiazole rings is 1. The number of carboxylic acid groups (broad SMARTS) is 1. The Hall–Kier alpha value is -2.51. The number of carbonyl (C=O) groups is 1. The van der Waals surface area contributed by atoms with Gasteiger partial charge in [-0.15, -0.1) is 11.3 Å². The van der Waals surface area contributed by atoms with Crippen molar-refractivity contribution in [1.29, 1.82) is 0 Å². The number of rotatable bonds is 5. The molecule has 2 N–H and O–H groups in total. The molecule has 7 heteroatoms. The number of nitrogens with zero attached hydrogens (tertiary/aromatic N) is 2. The normalized spacial score (nSPS) is 10.8. The number of carboxylic acids is 1. The zero-order chi connectivity index (χ0) is 15.5. The first-order valence-electron chi connectivity index (χ1n) is 6.52. The molecule has 1 aromatic carbocycles. The average Bonchev–Trinajstić information content (AvgIpc) is 3.15. The van der Waals surface area contributed by atoms with Crippen LogP contribution in [-0.2, 0) is 11.3 Å². The highest BCUT2D eigenvalue weighted by Crippen LogP contribution is 2.35. The predicted molar refractivity (Wildman–Crippen MR) is 82.8 cm³/mol. The fraction of sp³-hybridized carbons (Fsp3) is 0.133. The van der Waals surface area contributed by atoms with Gasteiger partial charge in [-0.25, -0.2) is 9.78 Å². The molecule has 0 saturated carbocycles. The van der Waals surface area contributed by atoms with E-state index in [0.717, 1.165) is 21.1 Å². The van der Waals surface area contributed by atoms with Crippen molar-refractivity contribution in [1.82, 2.24) is 15.2 Å².